The number of carbonyl (C=O) groups excluding carboxylic acids is 1. The molecule has 1 atom stereocenters. The van der Waals surface area contributed by atoms with Crippen molar-refractivity contribution < 1.29 is 4.79 Å². The maximum absolute atomic E-state index is 11.2. The Balaban J connectivity index is 2.07. The summed E-state index contributed by atoms with van der Waals surface area (Å²) in [6, 6.07) is 7.88. The number of thioether (sulfide) groups is 1. The second-order valence-electron chi connectivity index (χ2n) is 6.65. The zero-order chi connectivity index (χ0) is 18.2. The molecule has 0 saturated carbocycles. The van der Waals surface area contributed by atoms with Crippen LogP contribution in [0.1, 0.15) is 33.3 Å². The fourth-order valence-electron chi connectivity index (χ4n) is 2.81. The molecule has 138 valence electrons. The summed E-state index contributed by atoms with van der Waals surface area (Å²) in [5, 5.41) is 6.90. The Bertz CT molecular complexity index is 603. The standard InChI is InChI=1S/C19H30N4OS/c1-5-20-19(23-9-10-25-18(13-23)14(2)3)21-12-16-7-6-8-17(11-16)22-15(4)24/h6-8,11,14,18H,5,9-10,12-13H2,1-4H3,(H,20,21)(H,22,24). The highest BCUT2D eigenvalue weighted by atomic mass is 32.2. The van der Waals surface area contributed by atoms with Crippen LogP contribution in [0, 0.1) is 5.92 Å². The molecule has 6 heteroatoms. The maximum atomic E-state index is 11.2. The summed E-state index contributed by atoms with van der Waals surface area (Å²) in [6.45, 7) is 11.7. The number of hydrogen-bond donors (Lipinski definition) is 2. The molecule has 0 aliphatic carbocycles. The van der Waals surface area contributed by atoms with Gasteiger partial charge in [-0.2, -0.15) is 11.8 Å². The van der Waals surface area contributed by atoms with Crippen LogP contribution < -0.4 is 10.6 Å². The number of anilines is 1. The number of benzene rings is 1. The molecule has 25 heavy (non-hydrogen) atoms. The Morgan fingerprint density at radius 1 is 1.44 bits per heavy atom. The third-order valence-corrected chi connectivity index (χ3v) is 5.67. The van der Waals surface area contributed by atoms with Crippen LogP contribution in [0.15, 0.2) is 29.3 Å². The highest BCUT2D eigenvalue weighted by Crippen LogP contribution is 2.25. The summed E-state index contributed by atoms with van der Waals surface area (Å²) in [5.74, 6) is 2.74. The lowest BCUT2D eigenvalue weighted by Gasteiger charge is -2.36. The van der Waals surface area contributed by atoms with Gasteiger partial charge in [-0.3, -0.25) is 4.79 Å². The first-order chi connectivity index (χ1) is 12.0. The molecule has 2 rings (SSSR count). The van der Waals surface area contributed by atoms with Crippen LogP contribution in [0.25, 0.3) is 0 Å². The monoisotopic (exact) mass is 362 g/mol. The molecular weight excluding hydrogens is 332 g/mol. The number of amides is 1. The molecule has 0 radical (unpaired) electrons. The van der Waals surface area contributed by atoms with Crippen LogP contribution in [-0.2, 0) is 11.3 Å². The molecular formula is C19H30N4OS. The topological polar surface area (TPSA) is 56.7 Å². The maximum Gasteiger partial charge on any atom is 0.221 e. The first-order valence-electron chi connectivity index (χ1n) is 9.01. The molecule has 0 bridgehead atoms. The number of carbonyl (C=O) groups is 1. The van der Waals surface area contributed by atoms with E-state index in [2.05, 4.69) is 48.1 Å². The van der Waals surface area contributed by atoms with E-state index in [1.54, 1.807) is 0 Å². The lowest BCUT2D eigenvalue weighted by molar-refractivity contribution is -0.114. The molecule has 0 aromatic heterocycles. The van der Waals surface area contributed by atoms with Gasteiger partial charge in [-0.1, -0.05) is 26.0 Å². The molecule has 1 aliphatic heterocycles. The number of aliphatic imine (C=N–C) groups is 1. The van der Waals surface area contributed by atoms with Gasteiger partial charge in [-0.25, -0.2) is 4.99 Å². The van der Waals surface area contributed by atoms with Gasteiger partial charge in [-0.15, -0.1) is 0 Å². The summed E-state index contributed by atoms with van der Waals surface area (Å²) in [6.07, 6.45) is 0. The molecule has 5 nitrogen and oxygen atoms in total. The smallest absolute Gasteiger partial charge is 0.221 e. The Labute approximate surface area is 155 Å². The average molecular weight is 363 g/mol. The second kappa shape index (κ2) is 9.70. The minimum Gasteiger partial charge on any atom is -0.357 e. The summed E-state index contributed by atoms with van der Waals surface area (Å²) < 4.78 is 0. The van der Waals surface area contributed by atoms with Gasteiger partial charge in [0, 0.05) is 43.2 Å². The lowest BCUT2D eigenvalue weighted by Crippen LogP contribution is -2.49. The zero-order valence-corrected chi connectivity index (χ0v) is 16.5. The van der Waals surface area contributed by atoms with Crippen LogP contribution in [0.2, 0.25) is 0 Å². The van der Waals surface area contributed by atoms with Crippen LogP contribution in [-0.4, -0.2) is 47.4 Å². The molecule has 2 N–H and O–H groups in total. The Kier molecular flexibility index (Phi) is 7.62. The Morgan fingerprint density at radius 3 is 2.92 bits per heavy atom. The van der Waals surface area contributed by atoms with Crippen molar-refractivity contribution >= 4 is 29.3 Å². The van der Waals surface area contributed by atoms with Crippen molar-refractivity contribution in [3.8, 4) is 0 Å². The summed E-state index contributed by atoms with van der Waals surface area (Å²) in [7, 11) is 0. The Hall–Kier alpha value is -1.69. The zero-order valence-electron chi connectivity index (χ0n) is 15.7. The largest absolute Gasteiger partial charge is 0.357 e. The summed E-state index contributed by atoms with van der Waals surface area (Å²) in [5.41, 5.74) is 1.91. The van der Waals surface area contributed by atoms with Gasteiger partial charge in [0.25, 0.3) is 0 Å². The minimum atomic E-state index is -0.0560. The molecule has 1 aromatic rings. The highest BCUT2D eigenvalue weighted by molar-refractivity contribution is 8.00. The van der Waals surface area contributed by atoms with E-state index in [4.69, 9.17) is 4.99 Å². The molecule has 1 amide bonds. The van der Waals surface area contributed by atoms with E-state index in [1.165, 1.54) is 6.92 Å². The molecule has 1 heterocycles. The predicted octanol–water partition coefficient (Wildman–Crippen LogP) is 3.18. The fourth-order valence-corrected chi connectivity index (χ4v) is 4.11. The van der Waals surface area contributed by atoms with Crippen LogP contribution in [0.3, 0.4) is 0 Å². The summed E-state index contributed by atoms with van der Waals surface area (Å²) >= 11 is 2.07. The van der Waals surface area contributed by atoms with E-state index in [0.29, 0.717) is 17.7 Å². The van der Waals surface area contributed by atoms with E-state index < -0.39 is 0 Å². The second-order valence-corrected chi connectivity index (χ2v) is 8.00. The SMILES string of the molecule is CCNC(=NCc1cccc(NC(C)=O)c1)N1CCSC(C(C)C)C1. The van der Waals surface area contributed by atoms with Crippen LogP contribution in [0.5, 0.6) is 0 Å². The normalized spacial score (nSPS) is 18.4. The molecule has 1 unspecified atom stereocenters. The van der Waals surface area contributed by atoms with Crippen LogP contribution in [0.4, 0.5) is 5.69 Å². The van der Waals surface area contributed by atoms with Crippen molar-refractivity contribution in [2.75, 3.05) is 30.7 Å². The number of rotatable bonds is 5. The van der Waals surface area contributed by atoms with Gasteiger partial charge in [0.15, 0.2) is 5.96 Å². The third kappa shape index (κ3) is 6.27. The van der Waals surface area contributed by atoms with Gasteiger partial charge in [0.1, 0.15) is 0 Å². The first-order valence-corrected chi connectivity index (χ1v) is 10.1. The first kappa shape index (κ1) is 19.6. The van der Waals surface area contributed by atoms with Gasteiger partial charge < -0.3 is 15.5 Å². The van der Waals surface area contributed by atoms with Gasteiger partial charge in [0.2, 0.25) is 5.91 Å². The average Bonchev–Trinajstić information content (AvgIpc) is 2.58. The van der Waals surface area contributed by atoms with Crippen molar-refractivity contribution in [3.63, 3.8) is 0 Å². The molecule has 1 aliphatic rings. The number of guanidine groups is 1. The van der Waals surface area contributed by atoms with Gasteiger partial charge >= 0.3 is 0 Å². The van der Waals surface area contributed by atoms with E-state index in [0.717, 1.165) is 42.6 Å². The molecule has 1 fully saturated rings. The minimum absolute atomic E-state index is 0.0560. The quantitative estimate of drug-likeness (QED) is 0.624. The van der Waals surface area contributed by atoms with Crippen molar-refractivity contribution in [1.82, 2.24) is 10.2 Å². The number of nitrogens with one attached hydrogen (secondary N) is 2. The molecule has 1 aromatic carbocycles. The lowest BCUT2D eigenvalue weighted by atomic mass is 10.1. The predicted molar refractivity (Wildman–Crippen MR) is 108 cm³/mol. The summed E-state index contributed by atoms with van der Waals surface area (Å²) in [4.78, 5) is 18.4. The van der Waals surface area contributed by atoms with Crippen molar-refractivity contribution in [2.45, 2.75) is 39.5 Å². The molecule has 0 spiro atoms. The van der Waals surface area contributed by atoms with Gasteiger partial charge in [0.05, 0.1) is 6.54 Å². The third-order valence-electron chi connectivity index (χ3n) is 4.13. The van der Waals surface area contributed by atoms with Crippen LogP contribution >= 0.6 is 11.8 Å². The Morgan fingerprint density at radius 2 is 2.24 bits per heavy atom. The van der Waals surface area contributed by atoms with Gasteiger partial charge in [-0.05, 0) is 30.5 Å². The fraction of sp³-hybridized carbons (Fsp3) is 0.579. The van der Waals surface area contributed by atoms with E-state index in [-0.39, 0.29) is 5.91 Å². The van der Waals surface area contributed by atoms with E-state index in [1.807, 2.05) is 24.3 Å². The van der Waals surface area contributed by atoms with E-state index >= 15 is 0 Å². The van der Waals surface area contributed by atoms with Crippen molar-refractivity contribution in [1.29, 1.82) is 0 Å². The van der Waals surface area contributed by atoms with Crippen molar-refractivity contribution in [2.24, 2.45) is 10.9 Å². The number of nitrogens with zero attached hydrogens (tertiary/aromatic N) is 2. The van der Waals surface area contributed by atoms with Crippen molar-refractivity contribution in [3.05, 3.63) is 29.8 Å². The van der Waals surface area contributed by atoms with E-state index in [9.17, 15) is 4.79 Å². The number of hydrogen-bond acceptors (Lipinski definition) is 3. The highest BCUT2D eigenvalue weighted by Gasteiger charge is 2.24. The molecule has 1 saturated heterocycles.